The summed E-state index contributed by atoms with van der Waals surface area (Å²) in [4.78, 5) is 7.87. The Morgan fingerprint density at radius 2 is 1.91 bits per heavy atom. The van der Waals surface area contributed by atoms with E-state index in [9.17, 15) is 0 Å². The molecular weight excluding hydrogens is 156 g/mol. The summed E-state index contributed by atoms with van der Waals surface area (Å²) in [5.74, 6) is 0. The third-order valence-corrected chi connectivity index (χ3v) is 2.10. The summed E-state index contributed by atoms with van der Waals surface area (Å²) in [6.07, 6.45) is 5.17. The van der Waals surface area contributed by atoms with Crippen LogP contribution < -0.4 is 0 Å². The van der Waals surface area contributed by atoms with Crippen LogP contribution in [0.25, 0.3) is 11.1 Å². The van der Waals surface area contributed by atoms with Crippen LogP contribution in [0, 0.1) is 0 Å². The SMILES string of the molecule is c1ncc(-c2ccsc2)cn1. The highest BCUT2D eigenvalue weighted by Gasteiger charge is 1.95. The molecule has 2 heterocycles. The largest absolute Gasteiger partial charge is 0.244 e. The van der Waals surface area contributed by atoms with E-state index in [2.05, 4.69) is 21.4 Å². The molecule has 0 bridgehead atoms. The Bertz CT molecular complexity index is 315. The van der Waals surface area contributed by atoms with Crippen LogP contribution in [0.4, 0.5) is 0 Å². The molecular formula is C8H6N2S. The topological polar surface area (TPSA) is 25.8 Å². The lowest BCUT2D eigenvalue weighted by Gasteiger charge is -1.92. The Morgan fingerprint density at radius 3 is 2.55 bits per heavy atom. The van der Waals surface area contributed by atoms with Crippen molar-refractivity contribution < 1.29 is 0 Å². The molecule has 0 spiro atoms. The fourth-order valence-corrected chi connectivity index (χ4v) is 1.54. The molecule has 2 rings (SSSR count). The van der Waals surface area contributed by atoms with Gasteiger partial charge in [0.1, 0.15) is 6.33 Å². The van der Waals surface area contributed by atoms with Crippen molar-refractivity contribution in [2.45, 2.75) is 0 Å². The first-order valence-electron chi connectivity index (χ1n) is 3.24. The summed E-state index contributed by atoms with van der Waals surface area (Å²) >= 11 is 1.68. The molecule has 0 fully saturated rings. The van der Waals surface area contributed by atoms with Crippen molar-refractivity contribution in [3.8, 4) is 11.1 Å². The van der Waals surface area contributed by atoms with Crippen LogP contribution in [-0.4, -0.2) is 9.97 Å². The van der Waals surface area contributed by atoms with Gasteiger partial charge in [-0.05, 0) is 22.4 Å². The van der Waals surface area contributed by atoms with Gasteiger partial charge in [0.2, 0.25) is 0 Å². The summed E-state index contributed by atoms with van der Waals surface area (Å²) in [5.41, 5.74) is 2.27. The third-order valence-electron chi connectivity index (χ3n) is 1.42. The predicted molar refractivity (Wildman–Crippen MR) is 45.3 cm³/mol. The molecule has 2 aromatic rings. The molecule has 0 unspecified atom stereocenters. The monoisotopic (exact) mass is 162 g/mol. The smallest absolute Gasteiger partial charge is 0.115 e. The maximum Gasteiger partial charge on any atom is 0.115 e. The summed E-state index contributed by atoms with van der Waals surface area (Å²) in [6, 6.07) is 2.06. The molecule has 0 saturated carbocycles. The molecule has 11 heavy (non-hydrogen) atoms. The predicted octanol–water partition coefficient (Wildman–Crippen LogP) is 2.21. The quantitative estimate of drug-likeness (QED) is 0.642. The standard InChI is InChI=1S/C8H6N2S/c1-2-11-5-7(1)8-3-9-6-10-4-8/h1-6H. The first kappa shape index (κ1) is 6.49. The maximum absolute atomic E-state index is 3.93. The van der Waals surface area contributed by atoms with E-state index in [0.29, 0.717) is 0 Å². The highest BCUT2D eigenvalue weighted by atomic mass is 32.1. The fourth-order valence-electron chi connectivity index (χ4n) is 0.877. The number of rotatable bonds is 1. The Kier molecular flexibility index (Phi) is 1.65. The Balaban J connectivity index is 2.46. The lowest BCUT2D eigenvalue weighted by molar-refractivity contribution is 1.17. The fraction of sp³-hybridized carbons (Fsp3) is 0. The minimum atomic E-state index is 1.08. The average Bonchev–Trinajstić information content (AvgIpc) is 2.58. The van der Waals surface area contributed by atoms with Gasteiger partial charge in [0.25, 0.3) is 0 Å². The highest BCUT2D eigenvalue weighted by molar-refractivity contribution is 7.08. The average molecular weight is 162 g/mol. The van der Waals surface area contributed by atoms with Crippen LogP contribution in [0.15, 0.2) is 35.5 Å². The van der Waals surface area contributed by atoms with Gasteiger partial charge in [0.15, 0.2) is 0 Å². The molecule has 0 aliphatic rings. The van der Waals surface area contributed by atoms with Gasteiger partial charge in [-0.3, -0.25) is 0 Å². The maximum atomic E-state index is 3.93. The number of thiophene rings is 1. The van der Waals surface area contributed by atoms with Gasteiger partial charge < -0.3 is 0 Å². The number of hydrogen-bond acceptors (Lipinski definition) is 3. The summed E-state index contributed by atoms with van der Waals surface area (Å²) < 4.78 is 0. The van der Waals surface area contributed by atoms with Crippen molar-refractivity contribution in [2.75, 3.05) is 0 Å². The van der Waals surface area contributed by atoms with E-state index in [-0.39, 0.29) is 0 Å². The lowest BCUT2D eigenvalue weighted by Crippen LogP contribution is -1.77. The van der Waals surface area contributed by atoms with E-state index in [1.165, 1.54) is 11.9 Å². The van der Waals surface area contributed by atoms with E-state index in [0.717, 1.165) is 5.56 Å². The second-order valence-corrected chi connectivity index (χ2v) is 2.92. The second-order valence-electron chi connectivity index (χ2n) is 2.14. The van der Waals surface area contributed by atoms with Crippen molar-refractivity contribution in [1.29, 1.82) is 0 Å². The third kappa shape index (κ3) is 1.28. The number of hydrogen-bond donors (Lipinski definition) is 0. The van der Waals surface area contributed by atoms with E-state index >= 15 is 0 Å². The van der Waals surface area contributed by atoms with Gasteiger partial charge in [-0.1, -0.05) is 0 Å². The highest BCUT2D eigenvalue weighted by Crippen LogP contribution is 2.19. The molecule has 0 aliphatic carbocycles. The number of aromatic nitrogens is 2. The molecule has 0 aromatic carbocycles. The van der Waals surface area contributed by atoms with Crippen LogP contribution in [0.1, 0.15) is 0 Å². The van der Waals surface area contributed by atoms with E-state index in [1.807, 2.05) is 17.8 Å². The van der Waals surface area contributed by atoms with Crippen LogP contribution in [-0.2, 0) is 0 Å². The van der Waals surface area contributed by atoms with E-state index in [4.69, 9.17) is 0 Å². The lowest BCUT2D eigenvalue weighted by atomic mass is 10.2. The minimum Gasteiger partial charge on any atom is -0.244 e. The Morgan fingerprint density at radius 1 is 1.09 bits per heavy atom. The van der Waals surface area contributed by atoms with Crippen molar-refractivity contribution >= 4 is 11.3 Å². The summed E-state index contributed by atoms with van der Waals surface area (Å²) in [5, 5.41) is 4.13. The van der Waals surface area contributed by atoms with Crippen molar-refractivity contribution in [3.05, 3.63) is 35.5 Å². The first-order chi connectivity index (χ1) is 5.47. The van der Waals surface area contributed by atoms with Gasteiger partial charge in [-0.2, -0.15) is 11.3 Å². The van der Waals surface area contributed by atoms with Crippen LogP contribution >= 0.6 is 11.3 Å². The molecule has 2 nitrogen and oxygen atoms in total. The molecule has 3 heteroatoms. The van der Waals surface area contributed by atoms with Gasteiger partial charge in [-0.25, -0.2) is 9.97 Å². The molecule has 2 aromatic heterocycles. The molecule has 0 aliphatic heterocycles. The second kappa shape index (κ2) is 2.80. The van der Waals surface area contributed by atoms with Gasteiger partial charge >= 0.3 is 0 Å². The number of nitrogens with zero attached hydrogens (tertiary/aromatic N) is 2. The van der Waals surface area contributed by atoms with Crippen molar-refractivity contribution in [2.24, 2.45) is 0 Å². The van der Waals surface area contributed by atoms with E-state index in [1.54, 1.807) is 11.3 Å². The van der Waals surface area contributed by atoms with Crippen molar-refractivity contribution in [3.63, 3.8) is 0 Å². The molecule has 0 radical (unpaired) electrons. The summed E-state index contributed by atoms with van der Waals surface area (Å²) in [6.45, 7) is 0. The zero-order chi connectivity index (χ0) is 7.52. The first-order valence-corrected chi connectivity index (χ1v) is 4.19. The Hall–Kier alpha value is -1.22. The van der Waals surface area contributed by atoms with Crippen molar-refractivity contribution in [1.82, 2.24) is 9.97 Å². The van der Waals surface area contributed by atoms with Crippen LogP contribution in [0.2, 0.25) is 0 Å². The molecule has 0 atom stereocenters. The Labute approximate surface area is 68.6 Å². The van der Waals surface area contributed by atoms with Crippen LogP contribution in [0.5, 0.6) is 0 Å². The molecule has 54 valence electrons. The van der Waals surface area contributed by atoms with Gasteiger partial charge in [0.05, 0.1) is 0 Å². The van der Waals surface area contributed by atoms with Gasteiger partial charge in [-0.15, -0.1) is 0 Å². The normalized spacial score (nSPS) is 9.82. The molecule has 0 N–H and O–H groups in total. The van der Waals surface area contributed by atoms with E-state index < -0.39 is 0 Å². The van der Waals surface area contributed by atoms with Gasteiger partial charge in [0, 0.05) is 18.0 Å². The zero-order valence-corrected chi connectivity index (χ0v) is 6.58. The molecule has 0 amide bonds. The molecule has 0 saturated heterocycles. The zero-order valence-electron chi connectivity index (χ0n) is 5.77. The minimum absolute atomic E-state index is 1.08. The van der Waals surface area contributed by atoms with Crippen LogP contribution in [0.3, 0.4) is 0 Å². The summed E-state index contributed by atoms with van der Waals surface area (Å²) in [7, 11) is 0.